The topological polar surface area (TPSA) is 32.5 Å². The van der Waals surface area contributed by atoms with E-state index in [0.717, 1.165) is 18.4 Å². The molecule has 1 saturated heterocycles. The van der Waals surface area contributed by atoms with Gasteiger partial charge in [-0.05, 0) is 31.6 Å². The van der Waals surface area contributed by atoms with Gasteiger partial charge < -0.3 is 10.6 Å². The summed E-state index contributed by atoms with van der Waals surface area (Å²) >= 11 is 0. The highest BCUT2D eigenvalue weighted by atomic mass is 15.3. The normalized spacial score (nSPS) is 22.1. The van der Waals surface area contributed by atoms with Gasteiger partial charge in [0.2, 0.25) is 0 Å². The highest BCUT2D eigenvalue weighted by molar-refractivity contribution is 4.90. The van der Waals surface area contributed by atoms with Gasteiger partial charge in [0.25, 0.3) is 0 Å². The Balaban J connectivity index is 2.46. The van der Waals surface area contributed by atoms with E-state index in [-0.39, 0.29) is 5.54 Å². The molecule has 1 rings (SSSR count). The lowest BCUT2D eigenvalue weighted by Crippen LogP contribution is -2.59. The fraction of sp³-hybridized carbons (Fsp3) is 1.00. The predicted molar refractivity (Wildman–Crippen MR) is 84.4 cm³/mol. The van der Waals surface area contributed by atoms with Crippen molar-refractivity contribution in [2.75, 3.05) is 39.3 Å². The summed E-state index contributed by atoms with van der Waals surface area (Å²) in [5, 5.41) is 0. The molecule has 1 unspecified atom stereocenters. The minimum atomic E-state index is 0.203. The van der Waals surface area contributed by atoms with Gasteiger partial charge >= 0.3 is 0 Å². The fourth-order valence-corrected chi connectivity index (χ4v) is 2.98. The Kier molecular flexibility index (Phi) is 6.78. The van der Waals surface area contributed by atoms with Crippen LogP contribution in [0, 0.1) is 11.8 Å². The van der Waals surface area contributed by atoms with Gasteiger partial charge in [0.05, 0.1) is 0 Å². The first kappa shape index (κ1) is 16.9. The largest absolute Gasteiger partial charge is 0.329 e. The van der Waals surface area contributed by atoms with Gasteiger partial charge in [-0.3, -0.25) is 4.90 Å². The summed E-state index contributed by atoms with van der Waals surface area (Å²) < 4.78 is 0. The third kappa shape index (κ3) is 5.41. The van der Waals surface area contributed by atoms with Crippen molar-refractivity contribution >= 4 is 0 Å². The van der Waals surface area contributed by atoms with Crippen LogP contribution in [0.15, 0.2) is 0 Å². The Hall–Kier alpha value is -0.120. The first-order chi connectivity index (χ1) is 8.87. The quantitative estimate of drug-likeness (QED) is 0.770. The number of nitrogens with two attached hydrogens (primary N) is 1. The maximum Gasteiger partial charge on any atom is 0.0304 e. The summed E-state index contributed by atoms with van der Waals surface area (Å²) in [5.74, 6) is 1.54. The second kappa shape index (κ2) is 7.61. The van der Waals surface area contributed by atoms with Crippen LogP contribution in [0.3, 0.4) is 0 Å². The summed E-state index contributed by atoms with van der Waals surface area (Å²) in [6, 6.07) is 0. The lowest BCUT2D eigenvalue weighted by molar-refractivity contribution is 0.0348. The van der Waals surface area contributed by atoms with E-state index >= 15 is 0 Å². The number of hydrogen-bond acceptors (Lipinski definition) is 3. The zero-order chi connectivity index (χ0) is 14.5. The molecule has 1 aliphatic rings. The van der Waals surface area contributed by atoms with Crippen LogP contribution in [0.5, 0.6) is 0 Å². The van der Waals surface area contributed by atoms with Crippen molar-refractivity contribution < 1.29 is 0 Å². The first-order valence-electron chi connectivity index (χ1n) is 8.05. The van der Waals surface area contributed by atoms with Gasteiger partial charge in [-0.1, -0.05) is 27.7 Å². The lowest BCUT2D eigenvalue weighted by atomic mass is 9.89. The van der Waals surface area contributed by atoms with Gasteiger partial charge in [0.1, 0.15) is 0 Å². The molecule has 0 aromatic carbocycles. The van der Waals surface area contributed by atoms with Gasteiger partial charge in [-0.2, -0.15) is 0 Å². The van der Waals surface area contributed by atoms with Crippen molar-refractivity contribution in [2.24, 2.45) is 17.6 Å². The fourth-order valence-electron chi connectivity index (χ4n) is 2.98. The van der Waals surface area contributed by atoms with Crippen LogP contribution in [-0.4, -0.2) is 54.6 Å². The summed E-state index contributed by atoms with van der Waals surface area (Å²) in [6.45, 7) is 18.4. The first-order valence-corrected chi connectivity index (χ1v) is 8.05. The molecule has 0 radical (unpaired) electrons. The van der Waals surface area contributed by atoms with E-state index in [9.17, 15) is 0 Å². The molecule has 0 aliphatic carbocycles. The summed E-state index contributed by atoms with van der Waals surface area (Å²) in [4.78, 5) is 5.23. The van der Waals surface area contributed by atoms with Crippen LogP contribution >= 0.6 is 0 Å². The van der Waals surface area contributed by atoms with Crippen molar-refractivity contribution in [3.63, 3.8) is 0 Å². The van der Waals surface area contributed by atoms with Crippen LogP contribution in [0.1, 0.15) is 47.5 Å². The summed E-state index contributed by atoms with van der Waals surface area (Å²) in [7, 11) is 0. The molecule has 1 aliphatic heterocycles. The second-order valence-corrected chi connectivity index (χ2v) is 7.32. The Morgan fingerprint density at radius 2 is 1.58 bits per heavy atom. The van der Waals surface area contributed by atoms with E-state index < -0.39 is 0 Å². The molecule has 3 heteroatoms. The molecular formula is C16H35N3. The zero-order valence-electron chi connectivity index (χ0n) is 13.8. The van der Waals surface area contributed by atoms with Crippen molar-refractivity contribution in [1.82, 2.24) is 9.80 Å². The lowest BCUT2D eigenvalue weighted by Gasteiger charge is -2.46. The van der Waals surface area contributed by atoms with Crippen molar-refractivity contribution in [2.45, 2.75) is 53.0 Å². The molecule has 0 amide bonds. The van der Waals surface area contributed by atoms with Gasteiger partial charge in [-0.15, -0.1) is 0 Å². The maximum atomic E-state index is 6.08. The molecule has 0 spiro atoms. The van der Waals surface area contributed by atoms with E-state index in [4.69, 9.17) is 5.73 Å². The molecule has 1 heterocycles. The van der Waals surface area contributed by atoms with Crippen molar-refractivity contribution in [1.29, 1.82) is 0 Å². The molecule has 1 atom stereocenters. The van der Waals surface area contributed by atoms with Crippen LogP contribution in [0.2, 0.25) is 0 Å². The van der Waals surface area contributed by atoms with Gasteiger partial charge in [0.15, 0.2) is 0 Å². The molecule has 1 fully saturated rings. The minimum Gasteiger partial charge on any atom is -0.329 e. The Morgan fingerprint density at radius 1 is 1.00 bits per heavy atom. The molecule has 114 valence electrons. The highest BCUT2D eigenvalue weighted by Gasteiger charge is 2.32. The monoisotopic (exact) mass is 269 g/mol. The number of piperazine rings is 1. The Morgan fingerprint density at radius 3 is 2.00 bits per heavy atom. The molecule has 0 aromatic heterocycles. The molecule has 0 saturated carbocycles. The van der Waals surface area contributed by atoms with E-state index in [2.05, 4.69) is 44.4 Å². The Labute approximate surface area is 120 Å². The highest BCUT2D eigenvalue weighted by Crippen LogP contribution is 2.24. The third-order valence-electron chi connectivity index (χ3n) is 4.46. The second-order valence-electron chi connectivity index (χ2n) is 7.32. The number of hydrogen-bond donors (Lipinski definition) is 1. The van der Waals surface area contributed by atoms with E-state index in [1.165, 1.54) is 45.6 Å². The molecule has 3 nitrogen and oxygen atoms in total. The predicted octanol–water partition coefficient (Wildman–Crippen LogP) is 2.41. The van der Waals surface area contributed by atoms with Crippen LogP contribution in [0.25, 0.3) is 0 Å². The minimum absolute atomic E-state index is 0.203. The molecule has 0 aromatic rings. The number of rotatable bonds is 7. The smallest absolute Gasteiger partial charge is 0.0304 e. The van der Waals surface area contributed by atoms with Gasteiger partial charge in [-0.25, -0.2) is 0 Å². The average molecular weight is 269 g/mol. The molecule has 0 bridgehead atoms. The third-order valence-corrected chi connectivity index (χ3v) is 4.46. The average Bonchev–Trinajstić information content (AvgIpc) is 2.36. The van der Waals surface area contributed by atoms with Crippen molar-refractivity contribution in [3.05, 3.63) is 0 Å². The molecule has 19 heavy (non-hydrogen) atoms. The van der Waals surface area contributed by atoms with E-state index in [1.54, 1.807) is 0 Å². The number of nitrogens with zero attached hydrogens (tertiary/aromatic N) is 2. The van der Waals surface area contributed by atoms with Crippen LogP contribution in [0.4, 0.5) is 0 Å². The van der Waals surface area contributed by atoms with Crippen LogP contribution < -0.4 is 5.73 Å². The summed E-state index contributed by atoms with van der Waals surface area (Å²) in [6.07, 6.45) is 2.51. The molecular weight excluding hydrogens is 234 g/mol. The van der Waals surface area contributed by atoms with E-state index in [1.807, 2.05) is 0 Å². The van der Waals surface area contributed by atoms with Crippen LogP contribution in [-0.2, 0) is 0 Å². The molecule has 2 N–H and O–H groups in total. The standard InChI is InChI=1S/C16H35N3/c1-14(2)6-7-16(5,13-17)19-10-8-18(9-11-19)12-15(3)4/h14-15H,6-13,17H2,1-5H3. The zero-order valence-corrected chi connectivity index (χ0v) is 13.8. The van der Waals surface area contributed by atoms with E-state index in [0.29, 0.717) is 0 Å². The Bertz CT molecular complexity index is 244. The van der Waals surface area contributed by atoms with Gasteiger partial charge in [0, 0.05) is 44.8 Å². The SMILES string of the molecule is CC(C)CCC(C)(CN)N1CCN(CC(C)C)CC1. The van der Waals surface area contributed by atoms with Crippen molar-refractivity contribution in [3.8, 4) is 0 Å². The maximum absolute atomic E-state index is 6.08. The summed E-state index contributed by atoms with van der Waals surface area (Å²) in [5.41, 5.74) is 6.29.